The molecule has 1 heterocycles. The van der Waals surface area contributed by atoms with Crippen LogP contribution in [0.1, 0.15) is 5.56 Å². The predicted molar refractivity (Wildman–Crippen MR) is 86.1 cm³/mol. The SMILES string of the molecule is O=C1NC(=O)N(c2ccccc2)C(=O)C1Cc1ccc(Cl)cc1. The molecule has 1 saturated heterocycles. The molecule has 2 aromatic rings. The molecule has 1 N–H and O–H groups in total. The lowest BCUT2D eigenvalue weighted by Crippen LogP contribution is -2.58. The molecule has 116 valence electrons. The number of urea groups is 1. The highest BCUT2D eigenvalue weighted by atomic mass is 35.5. The Morgan fingerprint density at radius 1 is 0.957 bits per heavy atom. The molecule has 4 amide bonds. The van der Waals surface area contributed by atoms with Gasteiger partial charge in [-0.3, -0.25) is 14.9 Å². The molecule has 1 unspecified atom stereocenters. The Balaban J connectivity index is 1.88. The van der Waals surface area contributed by atoms with Gasteiger partial charge in [0.1, 0.15) is 5.92 Å². The molecule has 0 saturated carbocycles. The highest BCUT2D eigenvalue weighted by molar-refractivity contribution is 6.30. The van der Waals surface area contributed by atoms with Crippen LogP contribution in [0.5, 0.6) is 0 Å². The van der Waals surface area contributed by atoms with E-state index in [9.17, 15) is 14.4 Å². The highest BCUT2D eigenvalue weighted by Crippen LogP contribution is 2.23. The summed E-state index contributed by atoms with van der Waals surface area (Å²) in [7, 11) is 0. The van der Waals surface area contributed by atoms with E-state index in [-0.39, 0.29) is 6.42 Å². The van der Waals surface area contributed by atoms with Crippen LogP contribution in [0.25, 0.3) is 0 Å². The van der Waals surface area contributed by atoms with Crippen molar-refractivity contribution in [1.82, 2.24) is 5.32 Å². The summed E-state index contributed by atoms with van der Waals surface area (Å²) in [6.45, 7) is 0. The van der Waals surface area contributed by atoms with E-state index in [0.717, 1.165) is 10.5 Å². The van der Waals surface area contributed by atoms with Crippen molar-refractivity contribution in [2.45, 2.75) is 6.42 Å². The summed E-state index contributed by atoms with van der Waals surface area (Å²) < 4.78 is 0. The standard InChI is InChI=1S/C17H13ClN2O3/c18-12-8-6-11(7-9-12)10-14-15(21)19-17(23)20(16(14)22)13-4-2-1-3-5-13/h1-9,14H,10H2,(H,19,21,23). The van der Waals surface area contributed by atoms with Crippen LogP contribution >= 0.6 is 11.6 Å². The first kappa shape index (κ1) is 15.2. The number of anilines is 1. The average Bonchev–Trinajstić information content (AvgIpc) is 2.54. The largest absolute Gasteiger partial charge is 0.335 e. The zero-order chi connectivity index (χ0) is 16.4. The van der Waals surface area contributed by atoms with Crippen molar-refractivity contribution in [2.24, 2.45) is 5.92 Å². The number of nitrogens with zero attached hydrogens (tertiary/aromatic N) is 1. The van der Waals surface area contributed by atoms with E-state index in [2.05, 4.69) is 5.32 Å². The third-order valence-electron chi connectivity index (χ3n) is 3.64. The number of benzene rings is 2. The van der Waals surface area contributed by atoms with Crippen LogP contribution in [0.2, 0.25) is 5.02 Å². The fourth-order valence-electron chi connectivity index (χ4n) is 2.47. The normalized spacial score (nSPS) is 18.0. The topological polar surface area (TPSA) is 66.5 Å². The van der Waals surface area contributed by atoms with Gasteiger partial charge in [0.15, 0.2) is 0 Å². The minimum atomic E-state index is -0.950. The Morgan fingerprint density at radius 3 is 2.26 bits per heavy atom. The van der Waals surface area contributed by atoms with Gasteiger partial charge in [0.25, 0.3) is 0 Å². The van der Waals surface area contributed by atoms with Crippen molar-refractivity contribution in [3.05, 3.63) is 65.2 Å². The van der Waals surface area contributed by atoms with E-state index in [0.29, 0.717) is 10.7 Å². The molecule has 23 heavy (non-hydrogen) atoms. The second-order valence-corrected chi connectivity index (χ2v) is 5.62. The molecular formula is C17H13ClN2O3. The van der Waals surface area contributed by atoms with Gasteiger partial charge in [-0.1, -0.05) is 41.9 Å². The Hall–Kier alpha value is -2.66. The second kappa shape index (κ2) is 6.22. The van der Waals surface area contributed by atoms with Crippen molar-refractivity contribution >= 4 is 35.1 Å². The number of barbiturate groups is 1. The molecule has 1 aliphatic heterocycles. The van der Waals surface area contributed by atoms with Crippen molar-refractivity contribution < 1.29 is 14.4 Å². The van der Waals surface area contributed by atoms with Gasteiger partial charge in [0.2, 0.25) is 11.8 Å². The number of hydrogen-bond acceptors (Lipinski definition) is 3. The minimum Gasteiger partial charge on any atom is -0.277 e. The molecule has 0 aliphatic carbocycles. The van der Waals surface area contributed by atoms with E-state index in [4.69, 9.17) is 11.6 Å². The molecule has 1 fully saturated rings. The minimum absolute atomic E-state index is 0.207. The molecule has 1 aliphatic rings. The Kier molecular flexibility index (Phi) is 4.12. The summed E-state index contributed by atoms with van der Waals surface area (Å²) in [6.07, 6.45) is 0.207. The molecule has 0 spiro atoms. The monoisotopic (exact) mass is 328 g/mol. The summed E-state index contributed by atoms with van der Waals surface area (Å²) in [4.78, 5) is 37.7. The van der Waals surface area contributed by atoms with Gasteiger partial charge in [-0.25, -0.2) is 9.69 Å². The molecule has 6 heteroatoms. The van der Waals surface area contributed by atoms with E-state index in [1.807, 2.05) is 0 Å². The summed E-state index contributed by atoms with van der Waals surface area (Å²) in [5.41, 5.74) is 1.23. The van der Waals surface area contributed by atoms with Crippen molar-refractivity contribution in [1.29, 1.82) is 0 Å². The van der Waals surface area contributed by atoms with Gasteiger partial charge >= 0.3 is 6.03 Å². The van der Waals surface area contributed by atoms with Gasteiger partial charge in [-0.05, 0) is 36.2 Å². The van der Waals surface area contributed by atoms with Crippen LogP contribution in [-0.4, -0.2) is 17.8 Å². The first-order chi connectivity index (χ1) is 11.1. The van der Waals surface area contributed by atoms with Crippen LogP contribution in [0.15, 0.2) is 54.6 Å². The van der Waals surface area contributed by atoms with E-state index < -0.39 is 23.8 Å². The maximum atomic E-state index is 12.6. The zero-order valence-corrected chi connectivity index (χ0v) is 12.8. The number of nitrogens with one attached hydrogen (secondary N) is 1. The number of imide groups is 2. The van der Waals surface area contributed by atoms with Crippen molar-refractivity contribution in [2.75, 3.05) is 4.90 Å². The Morgan fingerprint density at radius 2 is 1.61 bits per heavy atom. The third kappa shape index (κ3) is 3.10. The van der Waals surface area contributed by atoms with Gasteiger partial charge in [0.05, 0.1) is 5.69 Å². The van der Waals surface area contributed by atoms with Crippen LogP contribution in [-0.2, 0) is 16.0 Å². The summed E-state index contributed by atoms with van der Waals surface area (Å²) in [6, 6.07) is 14.7. The number of carbonyl (C=O) groups excluding carboxylic acids is 3. The van der Waals surface area contributed by atoms with Crippen molar-refractivity contribution in [3.63, 3.8) is 0 Å². The number of carbonyl (C=O) groups is 3. The maximum Gasteiger partial charge on any atom is 0.335 e. The van der Waals surface area contributed by atoms with Gasteiger partial charge < -0.3 is 0 Å². The number of halogens is 1. The number of hydrogen-bond donors (Lipinski definition) is 1. The molecule has 3 rings (SSSR count). The highest BCUT2D eigenvalue weighted by Gasteiger charge is 2.41. The zero-order valence-electron chi connectivity index (χ0n) is 12.0. The van der Waals surface area contributed by atoms with Crippen LogP contribution < -0.4 is 10.2 Å². The molecule has 0 bridgehead atoms. The third-order valence-corrected chi connectivity index (χ3v) is 3.89. The number of rotatable bonds is 3. The van der Waals surface area contributed by atoms with E-state index >= 15 is 0 Å². The maximum absolute atomic E-state index is 12.6. The number of amides is 4. The second-order valence-electron chi connectivity index (χ2n) is 5.19. The molecule has 1 atom stereocenters. The van der Waals surface area contributed by atoms with Gasteiger partial charge in [-0.2, -0.15) is 0 Å². The van der Waals surface area contributed by atoms with Crippen LogP contribution in [0, 0.1) is 5.92 Å². The first-order valence-electron chi connectivity index (χ1n) is 7.04. The molecule has 0 aromatic heterocycles. The summed E-state index contributed by atoms with van der Waals surface area (Å²) in [5.74, 6) is -2.06. The lowest BCUT2D eigenvalue weighted by molar-refractivity contribution is -0.134. The fourth-order valence-corrected chi connectivity index (χ4v) is 2.60. The van der Waals surface area contributed by atoms with E-state index in [1.54, 1.807) is 54.6 Å². The van der Waals surface area contributed by atoms with E-state index in [1.165, 1.54) is 0 Å². The fraction of sp³-hybridized carbons (Fsp3) is 0.118. The smallest absolute Gasteiger partial charge is 0.277 e. The Labute approximate surface area is 137 Å². The quantitative estimate of drug-likeness (QED) is 0.881. The molecule has 5 nitrogen and oxygen atoms in total. The van der Waals surface area contributed by atoms with Gasteiger partial charge in [0, 0.05) is 5.02 Å². The Bertz CT molecular complexity index is 759. The van der Waals surface area contributed by atoms with Crippen LogP contribution in [0.3, 0.4) is 0 Å². The van der Waals surface area contributed by atoms with Gasteiger partial charge in [-0.15, -0.1) is 0 Å². The first-order valence-corrected chi connectivity index (χ1v) is 7.42. The lowest BCUT2D eigenvalue weighted by atomic mass is 9.95. The number of para-hydroxylation sites is 1. The molecule has 0 radical (unpaired) electrons. The average molecular weight is 329 g/mol. The predicted octanol–water partition coefficient (Wildman–Crippen LogP) is 2.78. The summed E-state index contributed by atoms with van der Waals surface area (Å²) >= 11 is 5.83. The molecular weight excluding hydrogens is 316 g/mol. The summed E-state index contributed by atoms with van der Waals surface area (Å²) in [5, 5.41) is 2.82. The van der Waals surface area contributed by atoms with Crippen molar-refractivity contribution in [3.8, 4) is 0 Å². The lowest BCUT2D eigenvalue weighted by Gasteiger charge is -2.30. The molecule has 2 aromatic carbocycles. The van der Waals surface area contributed by atoms with Crippen LogP contribution in [0.4, 0.5) is 10.5 Å².